The second-order valence-electron chi connectivity index (χ2n) is 3.42. The standard InChI is InChI=1S/C13H10INO3/c1-17-13(16)12-8-11(6-7-15-12)18-10-4-2-9(14)3-5-10/h2-8H,1H3. The lowest BCUT2D eigenvalue weighted by Gasteiger charge is -2.06. The van der Waals surface area contributed by atoms with Crippen LogP contribution >= 0.6 is 22.6 Å². The fraction of sp³-hybridized carbons (Fsp3) is 0.0769. The minimum Gasteiger partial charge on any atom is -0.464 e. The van der Waals surface area contributed by atoms with Crippen LogP contribution in [0.4, 0.5) is 0 Å². The average molecular weight is 355 g/mol. The molecule has 5 heteroatoms. The molecule has 0 aliphatic heterocycles. The maximum Gasteiger partial charge on any atom is 0.356 e. The number of rotatable bonds is 3. The number of methoxy groups -OCH3 is 1. The fourth-order valence-electron chi connectivity index (χ4n) is 1.33. The van der Waals surface area contributed by atoms with Gasteiger partial charge in [0.1, 0.15) is 11.5 Å². The van der Waals surface area contributed by atoms with Crippen LogP contribution in [0, 0.1) is 3.57 Å². The van der Waals surface area contributed by atoms with Crippen LogP contribution in [0.5, 0.6) is 11.5 Å². The topological polar surface area (TPSA) is 48.4 Å². The molecule has 0 unspecified atom stereocenters. The van der Waals surface area contributed by atoms with Crippen molar-refractivity contribution in [1.82, 2.24) is 4.98 Å². The van der Waals surface area contributed by atoms with Gasteiger partial charge in [-0.15, -0.1) is 0 Å². The summed E-state index contributed by atoms with van der Waals surface area (Å²) >= 11 is 2.22. The first kappa shape index (κ1) is 12.8. The molecule has 18 heavy (non-hydrogen) atoms. The van der Waals surface area contributed by atoms with Crippen molar-refractivity contribution in [2.75, 3.05) is 7.11 Å². The Morgan fingerprint density at radius 3 is 2.56 bits per heavy atom. The van der Waals surface area contributed by atoms with E-state index in [1.54, 1.807) is 12.1 Å². The molecule has 0 fully saturated rings. The molecule has 1 heterocycles. The lowest BCUT2D eigenvalue weighted by atomic mass is 10.3. The normalized spacial score (nSPS) is 9.89. The van der Waals surface area contributed by atoms with E-state index >= 15 is 0 Å². The molecule has 2 aromatic rings. The van der Waals surface area contributed by atoms with Gasteiger partial charge in [0, 0.05) is 15.8 Å². The van der Waals surface area contributed by atoms with Crippen LogP contribution in [0.15, 0.2) is 42.6 Å². The minimum atomic E-state index is -0.483. The zero-order valence-corrected chi connectivity index (χ0v) is 11.7. The van der Waals surface area contributed by atoms with Gasteiger partial charge in [-0.1, -0.05) is 0 Å². The van der Waals surface area contributed by atoms with E-state index in [1.165, 1.54) is 13.3 Å². The number of ether oxygens (including phenoxy) is 2. The smallest absolute Gasteiger partial charge is 0.356 e. The highest BCUT2D eigenvalue weighted by atomic mass is 127. The number of aromatic nitrogens is 1. The Hall–Kier alpha value is -1.63. The molecule has 2 rings (SSSR count). The molecule has 0 amide bonds. The van der Waals surface area contributed by atoms with Crippen molar-refractivity contribution in [3.8, 4) is 11.5 Å². The van der Waals surface area contributed by atoms with Crippen LogP contribution in [0.1, 0.15) is 10.5 Å². The first-order valence-electron chi connectivity index (χ1n) is 5.17. The number of benzene rings is 1. The summed E-state index contributed by atoms with van der Waals surface area (Å²) < 4.78 is 11.3. The zero-order chi connectivity index (χ0) is 13.0. The van der Waals surface area contributed by atoms with Crippen LogP contribution in [-0.4, -0.2) is 18.1 Å². The molecular formula is C13H10INO3. The van der Waals surface area contributed by atoms with E-state index in [0.29, 0.717) is 11.5 Å². The first-order chi connectivity index (χ1) is 8.69. The van der Waals surface area contributed by atoms with Gasteiger partial charge in [0.15, 0.2) is 5.69 Å². The number of nitrogens with zero attached hydrogens (tertiary/aromatic N) is 1. The highest BCUT2D eigenvalue weighted by molar-refractivity contribution is 14.1. The maximum absolute atomic E-state index is 11.3. The maximum atomic E-state index is 11.3. The number of hydrogen-bond acceptors (Lipinski definition) is 4. The predicted octanol–water partition coefficient (Wildman–Crippen LogP) is 3.27. The Morgan fingerprint density at radius 1 is 1.17 bits per heavy atom. The van der Waals surface area contributed by atoms with Gasteiger partial charge >= 0.3 is 5.97 Å². The summed E-state index contributed by atoms with van der Waals surface area (Å²) in [5, 5.41) is 0. The van der Waals surface area contributed by atoms with Gasteiger partial charge < -0.3 is 9.47 Å². The van der Waals surface area contributed by atoms with Gasteiger partial charge in [-0.3, -0.25) is 0 Å². The molecule has 0 atom stereocenters. The van der Waals surface area contributed by atoms with E-state index in [1.807, 2.05) is 24.3 Å². The molecule has 4 nitrogen and oxygen atoms in total. The molecule has 1 aromatic carbocycles. The lowest BCUT2D eigenvalue weighted by Crippen LogP contribution is -2.03. The van der Waals surface area contributed by atoms with E-state index in [0.717, 1.165) is 3.57 Å². The summed E-state index contributed by atoms with van der Waals surface area (Å²) in [5.41, 5.74) is 0.223. The summed E-state index contributed by atoms with van der Waals surface area (Å²) in [5.74, 6) is 0.770. The average Bonchev–Trinajstić information content (AvgIpc) is 2.41. The summed E-state index contributed by atoms with van der Waals surface area (Å²) in [6.07, 6.45) is 1.51. The van der Waals surface area contributed by atoms with Crippen molar-refractivity contribution in [2.45, 2.75) is 0 Å². The quantitative estimate of drug-likeness (QED) is 0.627. The molecule has 0 radical (unpaired) electrons. The van der Waals surface area contributed by atoms with Gasteiger partial charge in [0.2, 0.25) is 0 Å². The first-order valence-corrected chi connectivity index (χ1v) is 6.25. The van der Waals surface area contributed by atoms with Crippen molar-refractivity contribution >= 4 is 28.6 Å². The van der Waals surface area contributed by atoms with Crippen LogP contribution in [-0.2, 0) is 4.74 Å². The second kappa shape index (κ2) is 5.81. The van der Waals surface area contributed by atoms with Crippen molar-refractivity contribution in [1.29, 1.82) is 0 Å². The molecule has 0 aliphatic carbocycles. The highest BCUT2D eigenvalue weighted by Gasteiger charge is 2.08. The van der Waals surface area contributed by atoms with Gasteiger partial charge in [0.25, 0.3) is 0 Å². The Labute approximate surface area is 118 Å². The number of carbonyl (C=O) groups excluding carboxylic acids is 1. The van der Waals surface area contributed by atoms with Gasteiger partial charge in [-0.2, -0.15) is 0 Å². The highest BCUT2D eigenvalue weighted by Crippen LogP contribution is 2.22. The number of pyridine rings is 1. The van der Waals surface area contributed by atoms with Crippen LogP contribution in [0.3, 0.4) is 0 Å². The molecule has 0 spiro atoms. The van der Waals surface area contributed by atoms with E-state index in [-0.39, 0.29) is 5.69 Å². The van der Waals surface area contributed by atoms with Crippen LogP contribution in [0.25, 0.3) is 0 Å². The van der Waals surface area contributed by atoms with Crippen LogP contribution < -0.4 is 4.74 Å². The molecule has 0 saturated carbocycles. The Balaban J connectivity index is 2.19. The minimum absolute atomic E-state index is 0.223. The summed E-state index contributed by atoms with van der Waals surface area (Å²) in [6.45, 7) is 0. The monoisotopic (exact) mass is 355 g/mol. The molecule has 0 saturated heterocycles. The summed E-state index contributed by atoms with van der Waals surface area (Å²) in [7, 11) is 1.32. The number of halogens is 1. The second-order valence-corrected chi connectivity index (χ2v) is 4.67. The van der Waals surface area contributed by atoms with E-state index in [4.69, 9.17) is 4.74 Å². The number of hydrogen-bond donors (Lipinski definition) is 0. The molecule has 0 N–H and O–H groups in total. The van der Waals surface area contributed by atoms with Gasteiger partial charge in [-0.25, -0.2) is 9.78 Å². The fourth-order valence-corrected chi connectivity index (χ4v) is 1.69. The van der Waals surface area contributed by atoms with E-state index in [2.05, 4.69) is 32.3 Å². The molecule has 0 aliphatic rings. The lowest BCUT2D eigenvalue weighted by molar-refractivity contribution is 0.0593. The summed E-state index contributed by atoms with van der Waals surface area (Å²) in [4.78, 5) is 15.2. The third-order valence-corrected chi connectivity index (χ3v) is 2.89. The van der Waals surface area contributed by atoms with Crippen molar-refractivity contribution < 1.29 is 14.3 Å². The molecule has 0 bridgehead atoms. The molecule has 1 aromatic heterocycles. The Kier molecular flexibility index (Phi) is 4.14. The zero-order valence-electron chi connectivity index (χ0n) is 9.59. The van der Waals surface area contributed by atoms with E-state index < -0.39 is 5.97 Å². The third-order valence-electron chi connectivity index (χ3n) is 2.18. The van der Waals surface area contributed by atoms with Crippen molar-refractivity contribution in [3.05, 3.63) is 51.9 Å². The van der Waals surface area contributed by atoms with Crippen molar-refractivity contribution in [3.63, 3.8) is 0 Å². The SMILES string of the molecule is COC(=O)c1cc(Oc2ccc(I)cc2)ccn1. The molecule has 92 valence electrons. The number of esters is 1. The van der Waals surface area contributed by atoms with Crippen molar-refractivity contribution in [2.24, 2.45) is 0 Å². The number of carbonyl (C=O) groups is 1. The summed E-state index contributed by atoms with van der Waals surface area (Å²) in [6, 6.07) is 10.8. The third kappa shape index (κ3) is 3.19. The predicted molar refractivity (Wildman–Crippen MR) is 74.8 cm³/mol. The molecular weight excluding hydrogens is 345 g/mol. The van der Waals surface area contributed by atoms with Gasteiger partial charge in [0.05, 0.1) is 7.11 Å². The van der Waals surface area contributed by atoms with Crippen LogP contribution in [0.2, 0.25) is 0 Å². The Morgan fingerprint density at radius 2 is 1.89 bits per heavy atom. The van der Waals surface area contributed by atoms with E-state index in [9.17, 15) is 4.79 Å². The Bertz CT molecular complexity index is 554. The van der Waals surface area contributed by atoms with Gasteiger partial charge in [-0.05, 0) is 52.9 Å². The largest absolute Gasteiger partial charge is 0.464 e.